The molecule has 2 rings (SSSR count). The Bertz CT molecular complexity index is 475. The molecule has 0 aromatic heterocycles. The molecule has 0 N–H and O–H groups in total. The van der Waals surface area contributed by atoms with Crippen LogP contribution in [0.3, 0.4) is 0 Å². The second-order valence-electron chi connectivity index (χ2n) is 4.49. The molecule has 0 amide bonds. The highest BCUT2D eigenvalue weighted by atomic mass is 14.0. The molecule has 0 nitrogen and oxygen atoms in total. The van der Waals surface area contributed by atoms with Crippen molar-refractivity contribution in [3.63, 3.8) is 0 Å². The zero-order valence-corrected chi connectivity index (χ0v) is 15.8. The molecule has 0 aliphatic carbocycles. The third-order valence-electron chi connectivity index (χ3n) is 2.88. The van der Waals surface area contributed by atoms with Crippen molar-refractivity contribution in [3.05, 3.63) is 77.4 Å². The van der Waals surface area contributed by atoms with Gasteiger partial charge in [0.15, 0.2) is 0 Å². The van der Waals surface area contributed by atoms with Gasteiger partial charge in [0.2, 0.25) is 0 Å². The van der Waals surface area contributed by atoms with Crippen molar-refractivity contribution in [2.24, 2.45) is 0 Å². The lowest BCUT2D eigenvalue weighted by molar-refractivity contribution is 1.44. The second-order valence-corrected chi connectivity index (χ2v) is 4.49. The van der Waals surface area contributed by atoms with Crippen LogP contribution < -0.4 is 0 Å². The van der Waals surface area contributed by atoms with Crippen molar-refractivity contribution in [2.75, 3.05) is 0 Å². The van der Waals surface area contributed by atoms with Crippen molar-refractivity contribution in [1.29, 1.82) is 0 Å². The summed E-state index contributed by atoms with van der Waals surface area (Å²) in [6, 6.07) is 18.9. The summed E-state index contributed by atoms with van der Waals surface area (Å²) in [6.07, 6.45) is 2.13. The van der Waals surface area contributed by atoms with E-state index in [1.54, 1.807) is 0 Å². The first-order valence-electron chi connectivity index (χ1n) is 8.35. The Labute approximate surface area is 138 Å². The van der Waals surface area contributed by atoms with Crippen molar-refractivity contribution in [3.8, 4) is 0 Å². The fourth-order valence-electron chi connectivity index (χ4n) is 1.52. The maximum absolute atomic E-state index is 2.16. The Hall–Kier alpha value is -1.82. The average Bonchev–Trinajstić information content (AvgIpc) is 2.60. The van der Waals surface area contributed by atoms with Gasteiger partial charge in [0.25, 0.3) is 0 Å². The number of allylic oxidation sites excluding steroid dienone is 2. The van der Waals surface area contributed by atoms with E-state index < -0.39 is 0 Å². The number of hydrogen-bond acceptors (Lipinski definition) is 0. The summed E-state index contributed by atoms with van der Waals surface area (Å²) >= 11 is 0. The van der Waals surface area contributed by atoms with Gasteiger partial charge in [-0.25, -0.2) is 0 Å². The van der Waals surface area contributed by atoms with Crippen LogP contribution in [0.5, 0.6) is 0 Å². The molecule has 0 radical (unpaired) electrons. The van der Waals surface area contributed by atoms with Crippen LogP contribution >= 0.6 is 0 Å². The largest absolute Gasteiger partial charge is 0.0841 e. The van der Waals surface area contributed by atoms with Crippen molar-refractivity contribution >= 4 is 5.57 Å². The van der Waals surface area contributed by atoms with Crippen LogP contribution in [0.2, 0.25) is 0 Å². The molecule has 0 aliphatic heterocycles. The van der Waals surface area contributed by atoms with Gasteiger partial charge < -0.3 is 0 Å². The predicted molar refractivity (Wildman–Crippen MR) is 104 cm³/mol. The van der Waals surface area contributed by atoms with Gasteiger partial charge in [-0.2, -0.15) is 0 Å². The highest BCUT2D eigenvalue weighted by Crippen LogP contribution is 2.13. The lowest BCUT2D eigenvalue weighted by Gasteiger charge is -1.99. The molecule has 2 aromatic carbocycles. The molecule has 0 bridgehead atoms. The van der Waals surface area contributed by atoms with E-state index >= 15 is 0 Å². The van der Waals surface area contributed by atoms with Gasteiger partial charge in [0.1, 0.15) is 0 Å². The second kappa shape index (κ2) is 15.6. The fraction of sp³-hybridized carbons (Fsp3) is 0.364. The summed E-state index contributed by atoms with van der Waals surface area (Å²) in [4.78, 5) is 0. The summed E-state index contributed by atoms with van der Waals surface area (Å²) in [7, 11) is 0. The number of aryl methyl sites for hydroxylation is 2. The van der Waals surface area contributed by atoms with Crippen LogP contribution in [0.1, 0.15) is 58.2 Å². The predicted octanol–water partition coefficient (Wildman–Crippen LogP) is 7.47. The van der Waals surface area contributed by atoms with E-state index in [9.17, 15) is 0 Å². The smallest absolute Gasteiger partial charge is 0.0230 e. The van der Waals surface area contributed by atoms with Gasteiger partial charge in [-0.15, -0.1) is 0 Å². The zero-order valence-electron chi connectivity index (χ0n) is 15.8. The Morgan fingerprint density at radius 2 is 1.09 bits per heavy atom. The first-order valence-corrected chi connectivity index (χ1v) is 8.35. The molecule has 0 aliphatic rings. The molecule has 0 atom stereocenters. The third kappa shape index (κ3) is 10.9. The number of hydrogen-bond donors (Lipinski definition) is 0. The maximum atomic E-state index is 2.16. The normalized spacial score (nSPS) is 9.18. The minimum Gasteiger partial charge on any atom is -0.0841 e. The van der Waals surface area contributed by atoms with Gasteiger partial charge in [0.05, 0.1) is 0 Å². The molecule has 0 saturated heterocycles. The van der Waals surface area contributed by atoms with Crippen molar-refractivity contribution in [2.45, 2.75) is 55.4 Å². The van der Waals surface area contributed by atoms with E-state index in [2.05, 4.69) is 70.2 Å². The first-order chi connectivity index (χ1) is 10.6. The zero-order chi connectivity index (χ0) is 17.4. The van der Waals surface area contributed by atoms with Gasteiger partial charge in [-0.1, -0.05) is 99.5 Å². The van der Waals surface area contributed by atoms with Crippen LogP contribution in [-0.2, 0) is 0 Å². The molecule has 0 heterocycles. The van der Waals surface area contributed by atoms with Gasteiger partial charge in [-0.05, 0) is 38.8 Å². The molecule has 22 heavy (non-hydrogen) atoms. The Morgan fingerprint density at radius 3 is 1.41 bits per heavy atom. The van der Waals surface area contributed by atoms with E-state index in [0.717, 1.165) is 0 Å². The quantitative estimate of drug-likeness (QED) is 0.512. The minimum atomic E-state index is 1.32. The highest BCUT2D eigenvalue weighted by Gasteiger charge is 1.91. The molecule has 0 unspecified atom stereocenters. The molecular formula is C22H34. The SMILES string of the molecule is CC.CC.CC=C(C)c1ccc(C)cc1.Cc1ccccc1. The monoisotopic (exact) mass is 298 g/mol. The van der Waals surface area contributed by atoms with E-state index in [1.165, 1.54) is 22.3 Å². The van der Waals surface area contributed by atoms with Crippen LogP contribution in [0.15, 0.2) is 60.7 Å². The summed E-state index contributed by atoms with van der Waals surface area (Å²) in [5.41, 5.74) is 5.29. The Balaban J connectivity index is 0. The fourth-order valence-corrected chi connectivity index (χ4v) is 1.52. The van der Waals surface area contributed by atoms with E-state index in [0.29, 0.717) is 0 Å². The maximum Gasteiger partial charge on any atom is -0.0230 e. The lowest BCUT2D eigenvalue weighted by Crippen LogP contribution is -1.78. The highest BCUT2D eigenvalue weighted by molar-refractivity contribution is 5.63. The van der Waals surface area contributed by atoms with E-state index in [4.69, 9.17) is 0 Å². The summed E-state index contributed by atoms with van der Waals surface area (Å²) in [6.45, 7) is 16.4. The van der Waals surface area contributed by atoms with Crippen LogP contribution in [0.4, 0.5) is 0 Å². The summed E-state index contributed by atoms with van der Waals surface area (Å²) in [5.74, 6) is 0. The minimum absolute atomic E-state index is 1.32. The molecule has 0 fully saturated rings. The summed E-state index contributed by atoms with van der Waals surface area (Å²) in [5, 5.41) is 0. The molecule has 2 aromatic rings. The van der Waals surface area contributed by atoms with E-state index in [1.807, 2.05) is 45.9 Å². The van der Waals surface area contributed by atoms with Crippen LogP contribution in [0.25, 0.3) is 5.57 Å². The topological polar surface area (TPSA) is 0 Å². The van der Waals surface area contributed by atoms with E-state index in [-0.39, 0.29) is 0 Å². The number of benzene rings is 2. The lowest BCUT2D eigenvalue weighted by atomic mass is 10.1. The molecule has 0 heteroatoms. The molecule has 0 saturated carbocycles. The molecule has 0 spiro atoms. The Morgan fingerprint density at radius 1 is 0.682 bits per heavy atom. The molecule has 122 valence electrons. The standard InChI is InChI=1S/C11H14.C7H8.2C2H6/c1-4-10(3)11-7-5-9(2)6-8-11;1-7-5-3-2-4-6-7;2*1-2/h4-8H,1-3H3;2-6H,1H3;2*1-2H3. The van der Waals surface area contributed by atoms with Gasteiger partial charge in [0, 0.05) is 0 Å². The average molecular weight is 299 g/mol. The van der Waals surface area contributed by atoms with Crippen LogP contribution in [-0.4, -0.2) is 0 Å². The Kier molecular flexibility index (Phi) is 15.9. The number of rotatable bonds is 1. The summed E-state index contributed by atoms with van der Waals surface area (Å²) < 4.78 is 0. The van der Waals surface area contributed by atoms with Gasteiger partial charge >= 0.3 is 0 Å². The third-order valence-corrected chi connectivity index (χ3v) is 2.88. The van der Waals surface area contributed by atoms with Crippen molar-refractivity contribution in [1.82, 2.24) is 0 Å². The first kappa shape index (κ1) is 22.5. The molecular weight excluding hydrogens is 264 g/mol. The van der Waals surface area contributed by atoms with Gasteiger partial charge in [-0.3, -0.25) is 0 Å². The van der Waals surface area contributed by atoms with Crippen LogP contribution in [0, 0.1) is 13.8 Å². The van der Waals surface area contributed by atoms with Crippen molar-refractivity contribution < 1.29 is 0 Å².